The summed E-state index contributed by atoms with van der Waals surface area (Å²) in [7, 11) is 0. The number of nitrogens with zero attached hydrogens (tertiary/aromatic N) is 2. The monoisotopic (exact) mass is 399 g/mol. The highest BCUT2D eigenvalue weighted by Gasteiger charge is 2.33. The number of amides is 1. The average molecular weight is 399 g/mol. The number of hydrogen-bond donors (Lipinski definition) is 1. The number of rotatable bonds is 4. The molecule has 8 nitrogen and oxygen atoms in total. The Bertz CT molecular complexity index is 1040. The molecule has 1 aliphatic carbocycles. The Morgan fingerprint density at radius 3 is 2.55 bits per heavy atom. The first-order valence-corrected chi connectivity index (χ1v) is 10.2. The van der Waals surface area contributed by atoms with Crippen molar-refractivity contribution in [1.82, 2.24) is 14.7 Å². The lowest BCUT2D eigenvalue weighted by Crippen LogP contribution is -2.46. The van der Waals surface area contributed by atoms with Gasteiger partial charge in [0.1, 0.15) is 6.54 Å². The third-order valence-corrected chi connectivity index (χ3v) is 6.17. The Morgan fingerprint density at radius 1 is 1.03 bits per heavy atom. The number of esters is 1. The van der Waals surface area contributed by atoms with Gasteiger partial charge in [-0.05, 0) is 36.8 Å². The van der Waals surface area contributed by atoms with Crippen LogP contribution in [0, 0.1) is 11.8 Å². The number of hydrogen-bond acceptors (Lipinski definition) is 5. The normalized spacial score (nSPS) is 21.6. The number of carbonyl (C=O) groups excluding carboxylic acids is 2. The fourth-order valence-electron chi connectivity index (χ4n) is 4.59. The lowest BCUT2D eigenvalue weighted by Gasteiger charge is -2.41. The molecule has 8 heteroatoms. The number of H-pyrrole nitrogens is 1. The number of piperidine rings is 1. The summed E-state index contributed by atoms with van der Waals surface area (Å²) in [6.45, 7) is 0.646. The smallest absolute Gasteiger partial charge is 0.328 e. The molecule has 29 heavy (non-hydrogen) atoms. The summed E-state index contributed by atoms with van der Waals surface area (Å²) in [5, 5.41) is 2.88. The third kappa shape index (κ3) is 4.11. The van der Waals surface area contributed by atoms with E-state index in [9.17, 15) is 19.2 Å². The van der Waals surface area contributed by atoms with Gasteiger partial charge in [-0.15, -0.1) is 0 Å². The van der Waals surface area contributed by atoms with Crippen LogP contribution in [0.5, 0.6) is 0 Å². The Kier molecular flexibility index (Phi) is 5.51. The molecule has 154 valence electrons. The predicted molar refractivity (Wildman–Crippen MR) is 106 cm³/mol. The fraction of sp³-hybridized carbons (Fsp3) is 0.524. The maximum Gasteiger partial charge on any atom is 0.328 e. The van der Waals surface area contributed by atoms with Crippen LogP contribution in [-0.4, -0.2) is 46.3 Å². The molecule has 2 aromatic rings. The van der Waals surface area contributed by atoms with Crippen molar-refractivity contribution in [2.75, 3.05) is 19.7 Å². The number of aromatic nitrogens is 2. The van der Waals surface area contributed by atoms with E-state index in [0.29, 0.717) is 18.4 Å². The molecular weight excluding hydrogens is 374 g/mol. The molecule has 1 saturated heterocycles. The molecule has 1 aromatic carbocycles. The number of benzene rings is 1. The van der Waals surface area contributed by atoms with Gasteiger partial charge in [0.2, 0.25) is 0 Å². The summed E-state index contributed by atoms with van der Waals surface area (Å²) in [6, 6.07) is 6.40. The van der Waals surface area contributed by atoms with Crippen LogP contribution in [0.2, 0.25) is 0 Å². The number of fused-ring (bicyclic) bond motifs is 2. The molecule has 0 radical (unpaired) electrons. The number of aromatic amines is 1. The zero-order chi connectivity index (χ0) is 20.4. The summed E-state index contributed by atoms with van der Waals surface area (Å²) in [6.07, 6.45) is 5.92. The average Bonchev–Trinajstić information content (AvgIpc) is 2.75. The molecule has 1 aliphatic heterocycles. The second-order valence-corrected chi connectivity index (χ2v) is 7.97. The van der Waals surface area contributed by atoms with E-state index in [1.165, 1.54) is 25.3 Å². The van der Waals surface area contributed by atoms with E-state index < -0.39 is 23.6 Å². The van der Waals surface area contributed by atoms with Crippen LogP contribution in [0.4, 0.5) is 0 Å². The van der Waals surface area contributed by atoms with E-state index in [1.54, 1.807) is 23.1 Å². The molecule has 1 amide bonds. The second kappa shape index (κ2) is 8.23. The molecule has 2 aliphatic rings. The standard InChI is InChI=1S/C21H25N3O5/c25-18(23-10-9-14-5-1-2-6-15(14)11-23)13-29-19(26)12-24-21(28)17-8-4-3-7-16(17)20(27)22-24/h3-4,7-8,14-15H,1-2,5-6,9-13H2,(H,22,27)/t14-,15-/m1/s1. The van der Waals surface area contributed by atoms with Crippen LogP contribution in [0.3, 0.4) is 0 Å². The van der Waals surface area contributed by atoms with E-state index in [-0.39, 0.29) is 23.3 Å². The van der Waals surface area contributed by atoms with Gasteiger partial charge in [-0.2, -0.15) is 0 Å². The van der Waals surface area contributed by atoms with Gasteiger partial charge in [-0.1, -0.05) is 31.4 Å². The van der Waals surface area contributed by atoms with Crippen molar-refractivity contribution >= 4 is 22.6 Å². The quantitative estimate of drug-likeness (QED) is 0.781. The molecule has 2 heterocycles. The number of likely N-dealkylation sites (tertiary alicyclic amines) is 1. The van der Waals surface area contributed by atoms with Crippen LogP contribution in [-0.2, 0) is 20.9 Å². The Labute approximate surface area is 167 Å². The fourth-order valence-corrected chi connectivity index (χ4v) is 4.59. The first kappa shape index (κ1) is 19.4. The molecule has 2 fully saturated rings. The van der Waals surface area contributed by atoms with Gasteiger partial charge in [0.05, 0.1) is 10.8 Å². The van der Waals surface area contributed by atoms with Gasteiger partial charge in [0.15, 0.2) is 6.61 Å². The van der Waals surface area contributed by atoms with Crippen molar-refractivity contribution in [2.45, 2.75) is 38.6 Å². The predicted octanol–water partition coefficient (Wildman–Crippen LogP) is 1.27. The SMILES string of the molecule is O=C(Cn1[nH]c(=O)c2ccccc2c1=O)OCC(=O)N1CC[C@H]2CCCC[C@@H]2C1. The maximum atomic E-state index is 12.4. The topological polar surface area (TPSA) is 101 Å². The number of carbonyl (C=O) groups is 2. The van der Waals surface area contributed by atoms with Crippen molar-refractivity contribution in [3.63, 3.8) is 0 Å². The molecule has 2 atom stereocenters. The van der Waals surface area contributed by atoms with Gasteiger partial charge < -0.3 is 9.64 Å². The van der Waals surface area contributed by atoms with Crippen LogP contribution in [0.25, 0.3) is 10.8 Å². The molecule has 0 unspecified atom stereocenters. The van der Waals surface area contributed by atoms with E-state index in [0.717, 1.165) is 24.1 Å². The summed E-state index contributed by atoms with van der Waals surface area (Å²) in [4.78, 5) is 50.9. The van der Waals surface area contributed by atoms with Gasteiger partial charge >= 0.3 is 5.97 Å². The van der Waals surface area contributed by atoms with Crippen molar-refractivity contribution in [2.24, 2.45) is 11.8 Å². The third-order valence-electron chi connectivity index (χ3n) is 6.17. The Balaban J connectivity index is 1.35. The zero-order valence-electron chi connectivity index (χ0n) is 16.3. The van der Waals surface area contributed by atoms with Gasteiger partial charge in [0.25, 0.3) is 17.0 Å². The second-order valence-electron chi connectivity index (χ2n) is 7.97. The molecular formula is C21H25N3O5. The van der Waals surface area contributed by atoms with E-state index in [1.807, 2.05) is 0 Å². The molecule has 1 N–H and O–H groups in total. The Morgan fingerprint density at radius 2 is 1.76 bits per heavy atom. The van der Waals surface area contributed by atoms with Crippen LogP contribution in [0.15, 0.2) is 33.9 Å². The maximum absolute atomic E-state index is 12.4. The summed E-state index contributed by atoms with van der Waals surface area (Å²) in [5.74, 6) is 0.325. The van der Waals surface area contributed by atoms with E-state index in [2.05, 4.69) is 5.10 Å². The highest BCUT2D eigenvalue weighted by atomic mass is 16.5. The minimum Gasteiger partial charge on any atom is -0.454 e. The molecule has 1 aromatic heterocycles. The first-order valence-electron chi connectivity index (χ1n) is 10.2. The van der Waals surface area contributed by atoms with Crippen LogP contribution >= 0.6 is 0 Å². The van der Waals surface area contributed by atoms with Gasteiger partial charge in [-0.3, -0.25) is 24.3 Å². The highest BCUT2D eigenvalue weighted by Crippen LogP contribution is 2.35. The van der Waals surface area contributed by atoms with Crippen molar-refractivity contribution < 1.29 is 14.3 Å². The van der Waals surface area contributed by atoms with E-state index in [4.69, 9.17) is 4.74 Å². The van der Waals surface area contributed by atoms with E-state index >= 15 is 0 Å². The minimum absolute atomic E-state index is 0.207. The highest BCUT2D eigenvalue weighted by molar-refractivity contribution is 5.82. The van der Waals surface area contributed by atoms with Crippen molar-refractivity contribution in [3.8, 4) is 0 Å². The van der Waals surface area contributed by atoms with Gasteiger partial charge in [0, 0.05) is 13.1 Å². The number of ether oxygens (including phenoxy) is 1. The lowest BCUT2D eigenvalue weighted by molar-refractivity contribution is -0.154. The molecule has 0 spiro atoms. The summed E-state index contributed by atoms with van der Waals surface area (Å²) in [5.41, 5.74) is -0.942. The Hall–Kier alpha value is -2.90. The van der Waals surface area contributed by atoms with Crippen LogP contribution in [0.1, 0.15) is 32.1 Å². The molecule has 4 rings (SSSR count). The zero-order valence-corrected chi connectivity index (χ0v) is 16.3. The lowest BCUT2D eigenvalue weighted by atomic mass is 9.75. The minimum atomic E-state index is -0.737. The van der Waals surface area contributed by atoms with Crippen LogP contribution < -0.4 is 11.1 Å². The molecule has 1 saturated carbocycles. The van der Waals surface area contributed by atoms with Crippen molar-refractivity contribution in [3.05, 3.63) is 45.0 Å². The molecule has 0 bridgehead atoms. The summed E-state index contributed by atoms with van der Waals surface area (Å²) >= 11 is 0. The largest absolute Gasteiger partial charge is 0.454 e. The number of nitrogens with one attached hydrogen (secondary N) is 1. The van der Waals surface area contributed by atoms with Gasteiger partial charge in [-0.25, -0.2) is 4.68 Å². The van der Waals surface area contributed by atoms with Crippen molar-refractivity contribution in [1.29, 1.82) is 0 Å². The summed E-state index contributed by atoms with van der Waals surface area (Å²) < 4.78 is 6.01. The first-order chi connectivity index (χ1) is 14.0.